The Balaban J connectivity index is 2.05. The van der Waals surface area contributed by atoms with Crippen molar-refractivity contribution < 1.29 is 4.74 Å². The maximum absolute atomic E-state index is 5.56. The van der Waals surface area contributed by atoms with Crippen molar-refractivity contribution in [3.8, 4) is 17.1 Å². The number of nitrogens with zero attached hydrogens (tertiary/aromatic N) is 2. The molecule has 2 aromatic rings. The van der Waals surface area contributed by atoms with E-state index in [-0.39, 0.29) is 0 Å². The molecule has 1 heterocycles. The van der Waals surface area contributed by atoms with Gasteiger partial charge in [0.05, 0.1) is 16.8 Å². The Kier molecular flexibility index (Phi) is 4.10. The third kappa shape index (κ3) is 3.02. The Bertz CT molecular complexity index is 656. The molecule has 0 saturated heterocycles. The van der Waals surface area contributed by atoms with E-state index in [9.17, 15) is 0 Å². The van der Waals surface area contributed by atoms with Crippen LogP contribution in [-0.4, -0.2) is 23.6 Å². The first-order valence-corrected chi connectivity index (χ1v) is 8.00. The summed E-state index contributed by atoms with van der Waals surface area (Å²) in [5.41, 5.74) is 2.08. The maximum Gasteiger partial charge on any atom is 0.161 e. The molecule has 1 aromatic carbocycles. The van der Waals surface area contributed by atoms with Crippen LogP contribution in [0.5, 0.6) is 5.75 Å². The molecule has 0 unspecified atom stereocenters. The Morgan fingerprint density at radius 2 is 2.14 bits per heavy atom. The van der Waals surface area contributed by atoms with Crippen molar-refractivity contribution in [2.75, 3.05) is 19.0 Å². The second kappa shape index (κ2) is 6.02. The lowest BCUT2D eigenvalue weighted by Gasteiger charge is -2.11. The van der Waals surface area contributed by atoms with E-state index in [1.54, 1.807) is 0 Å². The molecule has 1 aliphatic carbocycles. The third-order valence-corrected chi connectivity index (χ3v) is 4.26. The molecule has 4 nitrogen and oxygen atoms in total. The molecule has 1 N–H and O–H groups in total. The van der Waals surface area contributed by atoms with E-state index in [2.05, 4.69) is 26.2 Å². The van der Waals surface area contributed by atoms with Crippen molar-refractivity contribution >= 4 is 21.7 Å². The summed E-state index contributed by atoms with van der Waals surface area (Å²) in [5, 5.41) is 3.14. The van der Waals surface area contributed by atoms with Gasteiger partial charge >= 0.3 is 0 Å². The molecule has 0 radical (unpaired) electrons. The quantitative estimate of drug-likeness (QED) is 0.879. The summed E-state index contributed by atoms with van der Waals surface area (Å²) < 4.78 is 6.54. The van der Waals surface area contributed by atoms with Crippen LogP contribution < -0.4 is 10.1 Å². The number of rotatable bonds is 5. The number of anilines is 1. The second-order valence-corrected chi connectivity index (χ2v) is 5.87. The van der Waals surface area contributed by atoms with Gasteiger partial charge in [0, 0.05) is 18.5 Å². The van der Waals surface area contributed by atoms with Gasteiger partial charge in [-0.1, -0.05) is 12.1 Å². The van der Waals surface area contributed by atoms with Gasteiger partial charge in [-0.25, -0.2) is 9.97 Å². The van der Waals surface area contributed by atoms with Crippen molar-refractivity contribution in [3.05, 3.63) is 34.4 Å². The molecule has 110 valence electrons. The van der Waals surface area contributed by atoms with Crippen molar-refractivity contribution in [3.63, 3.8) is 0 Å². The summed E-state index contributed by atoms with van der Waals surface area (Å²) in [6, 6.07) is 7.93. The van der Waals surface area contributed by atoms with E-state index in [4.69, 9.17) is 9.72 Å². The first-order chi connectivity index (χ1) is 10.2. The number of hydrogen-bond acceptors (Lipinski definition) is 4. The molecule has 1 saturated carbocycles. The lowest BCUT2D eigenvalue weighted by atomic mass is 10.2. The molecular weight excluding hydrogens is 330 g/mol. The third-order valence-electron chi connectivity index (χ3n) is 3.48. The van der Waals surface area contributed by atoms with Gasteiger partial charge in [0.1, 0.15) is 11.6 Å². The molecule has 0 bridgehead atoms. The number of aromatic nitrogens is 2. The van der Waals surface area contributed by atoms with Crippen molar-refractivity contribution in [2.24, 2.45) is 0 Å². The van der Waals surface area contributed by atoms with E-state index in [0.717, 1.165) is 33.1 Å². The van der Waals surface area contributed by atoms with Crippen molar-refractivity contribution in [2.45, 2.75) is 25.7 Å². The molecule has 1 aromatic heterocycles. The van der Waals surface area contributed by atoms with E-state index >= 15 is 0 Å². The highest BCUT2D eigenvalue weighted by atomic mass is 79.9. The van der Waals surface area contributed by atoms with Gasteiger partial charge in [0.25, 0.3) is 0 Å². The average molecular weight is 348 g/mol. The monoisotopic (exact) mass is 347 g/mol. The number of nitrogens with one attached hydrogen (secondary N) is 1. The summed E-state index contributed by atoms with van der Waals surface area (Å²) in [6.45, 7) is 2.63. The minimum Gasteiger partial charge on any atom is -0.494 e. The lowest BCUT2D eigenvalue weighted by molar-refractivity contribution is 0.340. The van der Waals surface area contributed by atoms with Crippen LogP contribution in [0.1, 0.15) is 31.4 Å². The predicted octanol–water partition coefficient (Wildman–Crippen LogP) is 4.22. The number of halogens is 1. The molecule has 0 aliphatic heterocycles. The molecular formula is C16H18BrN3O. The highest BCUT2D eigenvalue weighted by molar-refractivity contribution is 9.10. The van der Waals surface area contributed by atoms with Crippen LogP contribution in [0.4, 0.5) is 5.82 Å². The Morgan fingerprint density at radius 1 is 1.33 bits per heavy atom. The standard InChI is InChI=1S/C16H18BrN3O/c1-3-21-12-6-4-5-11(9-12)15-19-14(10-7-8-10)13(17)16(18-2)20-15/h4-6,9-10H,3,7-8H2,1-2H3,(H,18,19,20). The largest absolute Gasteiger partial charge is 0.494 e. The van der Waals surface area contributed by atoms with Crippen LogP contribution in [0.15, 0.2) is 28.7 Å². The number of hydrogen-bond donors (Lipinski definition) is 1. The maximum atomic E-state index is 5.56. The molecule has 21 heavy (non-hydrogen) atoms. The van der Waals surface area contributed by atoms with Crippen molar-refractivity contribution in [1.82, 2.24) is 9.97 Å². The van der Waals surface area contributed by atoms with Crippen LogP contribution in [0.2, 0.25) is 0 Å². The molecule has 1 fully saturated rings. The van der Waals surface area contributed by atoms with Crippen LogP contribution >= 0.6 is 15.9 Å². The average Bonchev–Trinajstić information content (AvgIpc) is 3.33. The fourth-order valence-electron chi connectivity index (χ4n) is 2.28. The summed E-state index contributed by atoms with van der Waals surface area (Å²) >= 11 is 3.62. The molecule has 0 amide bonds. The molecule has 0 spiro atoms. The second-order valence-electron chi connectivity index (χ2n) is 5.08. The van der Waals surface area contributed by atoms with Gasteiger partial charge < -0.3 is 10.1 Å². The van der Waals surface area contributed by atoms with Gasteiger partial charge in [0.15, 0.2) is 5.82 Å². The SMILES string of the molecule is CCOc1cccc(-c2nc(NC)c(Br)c(C3CC3)n2)c1. The molecule has 1 aliphatic rings. The Morgan fingerprint density at radius 3 is 2.81 bits per heavy atom. The zero-order chi connectivity index (χ0) is 14.8. The van der Waals surface area contributed by atoms with Gasteiger partial charge in [-0.15, -0.1) is 0 Å². The van der Waals surface area contributed by atoms with Gasteiger partial charge in [-0.2, -0.15) is 0 Å². The topological polar surface area (TPSA) is 47.0 Å². The lowest BCUT2D eigenvalue weighted by Crippen LogP contribution is -2.03. The molecule has 5 heteroatoms. The van der Waals surface area contributed by atoms with Gasteiger partial charge in [-0.05, 0) is 47.8 Å². The first-order valence-electron chi connectivity index (χ1n) is 7.21. The van der Waals surface area contributed by atoms with E-state index in [1.807, 2.05) is 38.2 Å². The fraction of sp³-hybridized carbons (Fsp3) is 0.375. The molecule has 3 rings (SSSR count). The molecule has 0 atom stereocenters. The predicted molar refractivity (Wildman–Crippen MR) is 87.9 cm³/mol. The Hall–Kier alpha value is -1.62. The van der Waals surface area contributed by atoms with E-state index in [0.29, 0.717) is 12.5 Å². The van der Waals surface area contributed by atoms with Crippen LogP contribution in [-0.2, 0) is 0 Å². The number of ether oxygens (including phenoxy) is 1. The summed E-state index contributed by atoms with van der Waals surface area (Å²) in [4.78, 5) is 9.37. The van der Waals surface area contributed by atoms with E-state index in [1.165, 1.54) is 12.8 Å². The smallest absolute Gasteiger partial charge is 0.161 e. The zero-order valence-electron chi connectivity index (χ0n) is 12.2. The van der Waals surface area contributed by atoms with Crippen LogP contribution in [0.3, 0.4) is 0 Å². The van der Waals surface area contributed by atoms with Gasteiger partial charge in [0.2, 0.25) is 0 Å². The minimum atomic E-state index is 0.559. The highest BCUT2D eigenvalue weighted by Crippen LogP contribution is 2.44. The first kappa shape index (κ1) is 14.3. The summed E-state index contributed by atoms with van der Waals surface area (Å²) in [5.74, 6) is 2.98. The number of benzene rings is 1. The summed E-state index contributed by atoms with van der Waals surface area (Å²) in [6.07, 6.45) is 2.41. The highest BCUT2D eigenvalue weighted by Gasteiger charge is 2.29. The van der Waals surface area contributed by atoms with E-state index < -0.39 is 0 Å². The Labute approximate surface area is 133 Å². The van der Waals surface area contributed by atoms with Crippen molar-refractivity contribution in [1.29, 1.82) is 0 Å². The fourth-order valence-corrected chi connectivity index (χ4v) is 2.98. The normalized spacial score (nSPS) is 14.0. The van der Waals surface area contributed by atoms with Gasteiger partial charge in [-0.3, -0.25) is 0 Å². The van der Waals surface area contributed by atoms with Crippen LogP contribution in [0.25, 0.3) is 11.4 Å². The van der Waals surface area contributed by atoms with Crippen LogP contribution in [0, 0.1) is 0 Å². The summed E-state index contributed by atoms with van der Waals surface area (Å²) in [7, 11) is 1.88. The zero-order valence-corrected chi connectivity index (χ0v) is 13.8. The minimum absolute atomic E-state index is 0.559.